The number of hydrogen-bond acceptors (Lipinski definition) is 5. The van der Waals surface area contributed by atoms with Crippen LogP contribution in [0.1, 0.15) is 5.56 Å². The molecule has 2 aromatic rings. The summed E-state index contributed by atoms with van der Waals surface area (Å²) >= 11 is 3.26. The number of anilines is 1. The molecule has 3 N–H and O–H groups in total. The normalized spacial score (nSPS) is 11.2. The standard InChI is InChI=1S/C13H13BrN2O3S/c1-9-2-5-11(6-3-9)20(17,18)19-13-8-10(14)4-7-12(13)16-15/h2-8,16H,15H2,1H3. The van der Waals surface area contributed by atoms with Crippen molar-refractivity contribution >= 4 is 31.7 Å². The molecule has 7 heteroatoms. The van der Waals surface area contributed by atoms with Gasteiger partial charge in [-0.2, -0.15) is 8.42 Å². The number of rotatable bonds is 4. The number of hydrazine groups is 1. The SMILES string of the molecule is Cc1ccc(S(=O)(=O)Oc2cc(Br)ccc2NN)cc1. The minimum absolute atomic E-state index is 0.0889. The van der Waals surface area contributed by atoms with E-state index < -0.39 is 10.1 Å². The predicted octanol–water partition coefficient (Wildman–Crippen LogP) is 2.81. The molecule has 5 nitrogen and oxygen atoms in total. The minimum Gasteiger partial charge on any atom is -0.377 e. The summed E-state index contributed by atoms with van der Waals surface area (Å²) in [6, 6.07) is 11.3. The zero-order chi connectivity index (χ0) is 14.8. The Hall–Kier alpha value is -1.57. The van der Waals surface area contributed by atoms with E-state index in [1.54, 1.807) is 24.3 Å². The van der Waals surface area contributed by atoms with Gasteiger partial charge < -0.3 is 9.61 Å². The van der Waals surface area contributed by atoms with Crippen molar-refractivity contribution in [2.45, 2.75) is 11.8 Å². The maximum Gasteiger partial charge on any atom is 0.339 e. The number of benzene rings is 2. The average molecular weight is 357 g/mol. The summed E-state index contributed by atoms with van der Waals surface area (Å²) in [6.07, 6.45) is 0. The molecule has 0 heterocycles. The van der Waals surface area contributed by atoms with E-state index in [1.807, 2.05) is 6.92 Å². The lowest BCUT2D eigenvalue weighted by atomic mass is 10.2. The van der Waals surface area contributed by atoms with Crippen LogP contribution in [-0.2, 0) is 10.1 Å². The molecule has 0 atom stereocenters. The van der Waals surface area contributed by atoms with Crippen LogP contribution in [0.3, 0.4) is 0 Å². The minimum atomic E-state index is -3.90. The van der Waals surface area contributed by atoms with Gasteiger partial charge in [0.25, 0.3) is 0 Å². The summed E-state index contributed by atoms with van der Waals surface area (Å²) in [6.45, 7) is 1.88. The quantitative estimate of drug-likeness (QED) is 0.500. The highest BCUT2D eigenvalue weighted by molar-refractivity contribution is 9.10. The first-order chi connectivity index (χ1) is 9.42. The van der Waals surface area contributed by atoms with E-state index in [9.17, 15) is 8.42 Å². The first-order valence-corrected chi connectivity index (χ1v) is 7.90. The molecule has 2 aromatic carbocycles. The highest BCUT2D eigenvalue weighted by atomic mass is 79.9. The third kappa shape index (κ3) is 3.30. The predicted molar refractivity (Wildman–Crippen MR) is 80.9 cm³/mol. The van der Waals surface area contributed by atoms with Crippen LogP contribution in [0, 0.1) is 6.92 Å². The lowest BCUT2D eigenvalue weighted by molar-refractivity contribution is 0.486. The number of aryl methyl sites for hydroxylation is 1. The van der Waals surface area contributed by atoms with Crippen LogP contribution >= 0.6 is 15.9 Å². The molecule has 0 aliphatic carbocycles. The summed E-state index contributed by atoms with van der Waals surface area (Å²) in [7, 11) is -3.90. The molecular formula is C13H13BrN2O3S. The number of nitrogen functional groups attached to an aromatic ring is 1. The van der Waals surface area contributed by atoms with Gasteiger partial charge in [-0.15, -0.1) is 0 Å². The van der Waals surface area contributed by atoms with Crippen LogP contribution in [0.25, 0.3) is 0 Å². The van der Waals surface area contributed by atoms with Gasteiger partial charge in [0, 0.05) is 4.47 Å². The Kier molecular flexibility index (Phi) is 4.32. The highest BCUT2D eigenvalue weighted by Crippen LogP contribution is 2.30. The molecule has 0 saturated heterocycles. The third-order valence-corrected chi connectivity index (χ3v) is 4.35. The molecular weight excluding hydrogens is 344 g/mol. The van der Waals surface area contributed by atoms with Crippen molar-refractivity contribution in [2.75, 3.05) is 5.43 Å². The summed E-state index contributed by atoms with van der Waals surface area (Å²) in [5.41, 5.74) is 3.74. The maximum atomic E-state index is 12.2. The van der Waals surface area contributed by atoms with E-state index >= 15 is 0 Å². The molecule has 0 unspecified atom stereocenters. The molecule has 0 aliphatic heterocycles. The van der Waals surface area contributed by atoms with Crippen molar-refractivity contribution in [3.8, 4) is 5.75 Å². The van der Waals surface area contributed by atoms with Gasteiger partial charge in [0.15, 0.2) is 5.75 Å². The Labute approximate surface area is 126 Å². The van der Waals surface area contributed by atoms with Crippen LogP contribution < -0.4 is 15.5 Å². The molecule has 20 heavy (non-hydrogen) atoms. The van der Waals surface area contributed by atoms with Gasteiger partial charge in [-0.3, -0.25) is 5.84 Å². The topological polar surface area (TPSA) is 81.4 Å². The van der Waals surface area contributed by atoms with E-state index in [4.69, 9.17) is 10.0 Å². The number of hydrogen-bond donors (Lipinski definition) is 2. The van der Waals surface area contributed by atoms with E-state index in [0.717, 1.165) is 5.56 Å². The van der Waals surface area contributed by atoms with Crippen LogP contribution in [-0.4, -0.2) is 8.42 Å². The van der Waals surface area contributed by atoms with Crippen molar-refractivity contribution in [1.29, 1.82) is 0 Å². The van der Waals surface area contributed by atoms with Crippen LogP contribution in [0.15, 0.2) is 51.8 Å². The lowest BCUT2D eigenvalue weighted by Crippen LogP contribution is -2.13. The molecule has 0 spiro atoms. The second-order valence-corrected chi connectivity index (χ2v) is 6.60. The fraction of sp³-hybridized carbons (Fsp3) is 0.0769. The third-order valence-electron chi connectivity index (χ3n) is 2.61. The van der Waals surface area contributed by atoms with E-state index in [0.29, 0.717) is 10.2 Å². The Bertz CT molecular complexity index is 715. The monoisotopic (exact) mass is 356 g/mol. The van der Waals surface area contributed by atoms with E-state index in [1.165, 1.54) is 18.2 Å². The number of nitrogens with one attached hydrogen (secondary N) is 1. The first kappa shape index (κ1) is 14.8. The molecule has 2 rings (SSSR count). The molecule has 0 bridgehead atoms. The highest BCUT2D eigenvalue weighted by Gasteiger charge is 2.18. The van der Waals surface area contributed by atoms with Gasteiger partial charge in [-0.25, -0.2) is 0 Å². The van der Waals surface area contributed by atoms with Crippen molar-refractivity contribution in [3.63, 3.8) is 0 Å². The Morgan fingerprint density at radius 1 is 1.15 bits per heavy atom. The fourth-order valence-corrected chi connectivity index (χ4v) is 2.84. The summed E-state index contributed by atoms with van der Waals surface area (Å²) in [5, 5.41) is 0. The van der Waals surface area contributed by atoms with Gasteiger partial charge in [0.05, 0.1) is 5.69 Å². The molecule has 0 radical (unpaired) electrons. The molecule has 0 aliphatic rings. The Morgan fingerprint density at radius 3 is 2.40 bits per heavy atom. The summed E-state index contributed by atoms with van der Waals surface area (Å²) in [4.78, 5) is 0.0889. The summed E-state index contributed by atoms with van der Waals surface area (Å²) < 4.78 is 30.2. The van der Waals surface area contributed by atoms with E-state index in [-0.39, 0.29) is 10.6 Å². The molecule has 0 fully saturated rings. The average Bonchev–Trinajstić information content (AvgIpc) is 2.39. The van der Waals surface area contributed by atoms with E-state index in [2.05, 4.69) is 21.4 Å². The molecule has 0 aromatic heterocycles. The van der Waals surface area contributed by atoms with Gasteiger partial charge in [0.1, 0.15) is 4.90 Å². The zero-order valence-corrected chi connectivity index (χ0v) is 13.0. The summed E-state index contributed by atoms with van der Waals surface area (Å²) in [5.74, 6) is 5.47. The Morgan fingerprint density at radius 2 is 1.80 bits per heavy atom. The van der Waals surface area contributed by atoms with Gasteiger partial charge in [0.2, 0.25) is 0 Å². The largest absolute Gasteiger partial charge is 0.377 e. The van der Waals surface area contributed by atoms with Crippen molar-refractivity contribution in [1.82, 2.24) is 0 Å². The van der Waals surface area contributed by atoms with Gasteiger partial charge in [-0.05, 0) is 37.3 Å². The van der Waals surface area contributed by atoms with Gasteiger partial charge >= 0.3 is 10.1 Å². The molecule has 0 amide bonds. The van der Waals surface area contributed by atoms with Crippen molar-refractivity contribution in [3.05, 3.63) is 52.5 Å². The van der Waals surface area contributed by atoms with Crippen LogP contribution in [0.5, 0.6) is 5.75 Å². The Balaban J connectivity index is 2.37. The number of halogens is 1. The van der Waals surface area contributed by atoms with Gasteiger partial charge in [-0.1, -0.05) is 33.6 Å². The molecule has 0 saturated carbocycles. The molecule has 106 valence electrons. The van der Waals surface area contributed by atoms with Crippen LogP contribution in [0.2, 0.25) is 0 Å². The zero-order valence-electron chi connectivity index (χ0n) is 10.6. The lowest BCUT2D eigenvalue weighted by Gasteiger charge is -2.11. The van der Waals surface area contributed by atoms with Crippen molar-refractivity contribution < 1.29 is 12.6 Å². The van der Waals surface area contributed by atoms with Crippen LogP contribution in [0.4, 0.5) is 5.69 Å². The second kappa shape index (κ2) is 5.82. The van der Waals surface area contributed by atoms with Crippen molar-refractivity contribution in [2.24, 2.45) is 5.84 Å². The fourth-order valence-electron chi connectivity index (χ4n) is 1.56. The second-order valence-electron chi connectivity index (χ2n) is 4.14. The first-order valence-electron chi connectivity index (χ1n) is 5.70. The maximum absolute atomic E-state index is 12.2. The number of nitrogens with two attached hydrogens (primary N) is 1. The smallest absolute Gasteiger partial charge is 0.339 e.